The van der Waals surface area contributed by atoms with Crippen molar-refractivity contribution in [3.8, 4) is 0 Å². The fourth-order valence-corrected chi connectivity index (χ4v) is 3.67. The molecule has 1 heterocycles. The minimum absolute atomic E-state index is 0.0322. The van der Waals surface area contributed by atoms with E-state index in [0.29, 0.717) is 0 Å². The average Bonchev–Trinajstić information content (AvgIpc) is 2.51. The first kappa shape index (κ1) is 16.2. The molecule has 3 unspecified atom stereocenters. The Hall–Kier alpha value is -1.13. The van der Waals surface area contributed by atoms with E-state index < -0.39 is 18.8 Å². The summed E-state index contributed by atoms with van der Waals surface area (Å²) in [6.45, 7) is 3.38. The number of piperazine rings is 1. The van der Waals surface area contributed by atoms with Crippen molar-refractivity contribution in [2.24, 2.45) is 11.8 Å². The summed E-state index contributed by atoms with van der Waals surface area (Å²) in [5, 5.41) is 2.94. The maximum atomic E-state index is 12.9. The molecule has 1 saturated carbocycles. The Morgan fingerprint density at radius 2 is 1.95 bits per heavy atom. The van der Waals surface area contributed by atoms with Crippen LogP contribution in [0.2, 0.25) is 0 Å². The molecule has 21 heavy (non-hydrogen) atoms. The summed E-state index contributed by atoms with van der Waals surface area (Å²) in [7, 11) is 0. The zero-order chi connectivity index (χ0) is 15.4. The van der Waals surface area contributed by atoms with Gasteiger partial charge in [0.25, 0.3) is 0 Å². The SMILES string of the molecule is CCC(C)C1C(=O)NC(C2CCCCC2)C(=O)N1CCF. The average molecular weight is 298 g/mol. The number of nitrogens with zero attached hydrogens (tertiary/aromatic N) is 1. The molecule has 0 radical (unpaired) electrons. The highest BCUT2D eigenvalue weighted by molar-refractivity contribution is 5.97. The lowest BCUT2D eigenvalue weighted by Crippen LogP contribution is -2.67. The molecule has 5 heteroatoms. The fraction of sp³-hybridized carbons (Fsp3) is 0.875. The number of nitrogens with one attached hydrogen (secondary N) is 1. The summed E-state index contributed by atoms with van der Waals surface area (Å²) >= 11 is 0. The van der Waals surface area contributed by atoms with Crippen molar-refractivity contribution >= 4 is 11.8 Å². The van der Waals surface area contributed by atoms with Crippen LogP contribution in [0.5, 0.6) is 0 Å². The highest BCUT2D eigenvalue weighted by Gasteiger charge is 2.45. The number of alkyl halides is 1. The number of halogens is 1. The van der Waals surface area contributed by atoms with E-state index in [0.717, 1.165) is 32.1 Å². The summed E-state index contributed by atoms with van der Waals surface area (Å²) < 4.78 is 12.9. The Balaban J connectivity index is 2.17. The van der Waals surface area contributed by atoms with Crippen LogP contribution >= 0.6 is 0 Å². The molecular weight excluding hydrogens is 271 g/mol. The molecule has 0 spiro atoms. The highest BCUT2D eigenvalue weighted by atomic mass is 19.1. The van der Waals surface area contributed by atoms with Crippen LogP contribution in [-0.4, -0.2) is 42.0 Å². The largest absolute Gasteiger partial charge is 0.342 e. The van der Waals surface area contributed by atoms with Gasteiger partial charge in [0.05, 0.1) is 0 Å². The third-order valence-electron chi connectivity index (χ3n) is 5.08. The molecule has 0 bridgehead atoms. The lowest BCUT2D eigenvalue weighted by Gasteiger charge is -2.43. The van der Waals surface area contributed by atoms with Gasteiger partial charge in [-0.1, -0.05) is 39.5 Å². The van der Waals surface area contributed by atoms with E-state index in [4.69, 9.17) is 0 Å². The standard InChI is InChI=1S/C16H27FN2O2/c1-3-11(2)14-15(20)18-13(12-7-5-4-6-8-12)16(21)19(14)10-9-17/h11-14H,3-10H2,1-2H3,(H,18,20). The first-order valence-corrected chi connectivity index (χ1v) is 8.27. The van der Waals surface area contributed by atoms with Gasteiger partial charge in [-0.15, -0.1) is 0 Å². The molecule has 3 atom stereocenters. The van der Waals surface area contributed by atoms with E-state index in [2.05, 4.69) is 5.32 Å². The molecule has 2 amide bonds. The van der Waals surface area contributed by atoms with Crippen molar-refractivity contribution in [2.75, 3.05) is 13.2 Å². The smallest absolute Gasteiger partial charge is 0.246 e. The van der Waals surface area contributed by atoms with Crippen LogP contribution in [0, 0.1) is 11.8 Å². The molecule has 1 aliphatic carbocycles. The predicted octanol–water partition coefficient (Wildman–Crippen LogP) is 2.28. The van der Waals surface area contributed by atoms with Crippen molar-refractivity contribution in [3.05, 3.63) is 0 Å². The molecule has 1 aliphatic heterocycles. The first-order chi connectivity index (χ1) is 10.1. The summed E-state index contributed by atoms with van der Waals surface area (Å²) in [6, 6.07) is -0.956. The summed E-state index contributed by atoms with van der Waals surface area (Å²) in [4.78, 5) is 26.7. The van der Waals surface area contributed by atoms with E-state index in [1.54, 1.807) is 0 Å². The number of rotatable bonds is 5. The Labute approximate surface area is 126 Å². The van der Waals surface area contributed by atoms with Gasteiger partial charge >= 0.3 is 0 Å². The number of amides is 2. The second kappa shape index (κ2) is 7.23. The molecule has 1 saturated heterocycles. The molecule has 4 nitrogen and oxygen atoms in total. The van der Waals surface area contributed by atoms with Crippen molar-refractivity contribution in [1.29, 1.82) is 0 Å². The summed E-state index contributed by atoms with van der Waals surface area (Å²) in [5.74, 6) is 0.0837. The zero-order valence-electron chi connectivity index (χ0n) is 13.1. The van der Waals surface area contributed by atoms with Crippen LogP contribution in [0.15, 0.2) is 0 Å². The van der Waals surface area contributed by atoms with Crippen LogP contribution < -0.4 is 5.32 Å². The van der Waals surface area contributed by atoms with E-state index in [1.165, 1.54) is 11.3 Å². The Kier molecular flexibility index (Phi) is 5.59. The van der Waals surface area contributed by atoms with Gasteiger partial charge in [-0.25, -0.2) is 4.39 Å². The van der Waals surface area contributed by atoms with Crippen LogP contribution in [0.4, 0.5) is 4.39 Å². The van der Waals surface area contributed by atoms with Crippen LogP contribution in [0.25, 0.3) is 0 Å². The van der Waals surface area contributed by atoms with Gasteiger partial charge in [0.2, 0.25) is 11.8 Å². The van der Waals surface area contributed by atoms with Gasteiger partial charge < -0.3 is 10.2 Å². The number of carbonyl (C=O) groups excluding carboxylic acids is 2. The zero-order valence-corrected chi connectivity index (χ0v) is 13.1. The maximum absolute atomic E-state index is 12.9. The second-order valence-corrected chi connectivity index (χ2v) is 6.44. The van der Waals surface area contributed by atoms with Gasteiger partial charge in [0.1, 0.15) is 18.8 Å². The van der Waals surface area contributed by atoms with E-state index in [1.807, 2.05) is 13.8 Å². The van der Waals surface area contributed by atoms with Crippen molar-refractivity contribution < 1.29 is 14.0 Å². The van der Waals surface area contributed by atoms with Crippen LogP contribution in [-0.2, 0) is 9.59 Å². The van der Waals surface area contributed by atoms with Crippen molar-refractivity contribution in [1.82, 2.24) is 10.2 Å². The van der Waals surface area contributed by atoms with E-state index in [9.17, 15) is 14.0 Å². The first-order valence-electron chi connectivity index (χ1n) is 8.27. The summed E-state index contributed by atoms with van der Waals surface area (Å²) in [5.41, 5.74) is 0. The summed E-state index contributed by atoms with van der Waals surface area (Å²) in [6.07, 6.45) is 6.18. The van der Waals surface area contributed by atoms with Crippen molar-refractivity contribution in [3.63, 3.8) is 0 Å². The lowest BCUT2D eigenvalue weighted by atomic mass is 9.81. The highest BCUT2D eigenvalue weighted by Crippen LogP contribution is 2.30. The van der Waals surface area contributed by atoms with Crippen LogP contribution in [0.3, 0.4) is 0 Å². The minimum Gasteiger partial charge on any atom is -0.342 e. The van der Waals surface area contributed by atoms with Gasteiger partial charge in [-0.05, 0) is 24.7 Å². The van der Waals surface area contributed by atoms with Crippen LogP contribution in [0.1, 0.15) is 52.4 Å². The predicted molar refractivity (Wildman–Crippen MR) is 79.4 cm³/mol. The Bertz CT molecular complexity index is 382. The molecule has 0 aromatic rings. The topological polar surface area (TPSA) is 49.4 Å². The molecule has 2 rings (SSSR count). The maximum Gasteiger partial charge on any atom is 0.246 e. The van der Waals surface area contributed by atoms with Gasteiger partial charge in [-0.2, -0.15) is 0 Å². The van der Waals surface area contributed by atoms with Gasteiger partial charge in [0.15, 0.2) is 0 Å². The van der Waals surface area contributed by atoms with Crippen molar-refractivity contribution in [2.45, 2.75) is 64.5 Å². The monoisotopic (exact) mass is 298 g/mol. The molecule has 0 aromatic carbocycles. The van der Waals surface area contributed by atoms with Gasteiger partial charge in [0, 0.05) is 6.54 Å². The molecule has 0 aromatic heterocycles. The second-order valence-electron chi connectivity index (χ2n) is 6.44. The van der Waals surface area contributed by atoms with E-state index >= 15 is 0 Å². The third-order valence-corrected chi connectivity index (χ3v) is 5.08. The third kappa shape index (κ3) is 3.38. The number of carbonyl (C=O) groups is 2. The normalized spacial score (nSPS) is 29.4. The number of hydrogen-bond acceptors (Lipinski definition) is 2. The Morgan fingerprint density at radius 1 is 1.29 bits per heavy atom. The molecule has 120 valence electrons. The van der Waals surface area contributed by atoms with E-state index in [-0.39, 0.29) is 30.2 Å². The number of hydrogen-bond donors (Lipinski definition) is 1. The molecule has 2 fully saturated rings. The molecular formula is C16H27FN2O2. The molecule has 1 N–H and O–H groups in total. The lowest BCUT2D eigenvalue weighted by molar-refractivity contribution is -0.153. The van der Waals surface area contributed by atoms with Gasteiger partial charge in [-0.3, -0.25) is 9.59 Å². The Morgan fingerprint density at radius 3 is 2.52 bits per heavy atom. The minimum atomic E-state index is -0.594. The molecule has 2 aliphatic rings. The quantitative estimate of drug-likeness (QED) is 0.846. The fourth-order valence-electron chi connectivity index (χ4n) is 3.67.